The third kappa shape index (κ3) is 3.64. The van der Waals surface area contributed by atoms with Crippen molar-refractivity contribution in [3.63, 3.8) is 0 Å². The van der Waals surface area contributed by atoms with Gasteiger partial charge < -0.3 is 9.64 Å². The summed E-state index contributed by atoms with van der Waals surface area (Å²) in [4.78, 5) is 13.6. The van der Waals surface area contributed by atoms with Gasteiger partial charge in [-0.1, -0.05) is 24.6 Å². The lowest BCUT2D eigenvalue weighted by atomic mass is 10.1. The molecule has 0 fully saturated rings. The van der Waals surface area contributed by atoms with Crippen LogP contribution < -0.4 is 4.74 Å². The molecular weight excluding hydrogens is 250 g/mol. The first-order chi connectivity index (χ1) is 8.63. The summed E-state index contributed by atoms with van der Waals surface area (Å²) < 4.78 is 5.58. The molecule has 0 aliphatic rings. The van der Waals surface area contributed by atoms with Gasteiger partial charge in [0.15, 0.2) is 6.61 Å². The fourth-order valence-electron chi connectivity index (χ4n) is 1.82. The standard InChI is InChI=1S/C14H20ClNO2/c1-4-11-12(15)8-7-9-13(11)18-10-14(17)16(5-2)6-3/h7-9H,4-6,10H2,1-3H3. The van der Waals surface area contributed by atoms with Crippen LogP contribution >= 0.6 is 11.6 Å². The third-order valence-corrected chi connectivity index (χ3v) is 3.25. The molecule has 0 saturated heterocycles. The number of carbonyl (C=O) groups is 1. The number of carbonyl (C=O) groups excluding carboxylic acids is 1. The zero-order valence-corrected chi connectivity index (χ0v) is 12.0. The van der Waals surface area contributed by atoms with E-state index in [0.717, 1.165) is 12.0 Å². The van der Waals surface area contributed by atoms with Crippen LogP contribution in [0.2, 0.25) is 5.02 Å². The Morgan fingerprint density at radius 3 is 2.50 bits per heavy atom. The molecule has 0 aliphatic heterocycles. The van der Waals surface area contributed by atoms with Crippen LogP contribution in [0, 0.1) is 0 Å². The lowest BCUT2D eigenvalue weighted by molar-refractivity contribution is -0.132. The fraction of sp³-hybridized carbons (Fsp3) is 0.500. The SMILES string of the molecule is CCc1c(Cl)cccc1OCC(=O)N(CC)CC. The van der Waals surface area contributed by atoms with Crippen LogP contribution in [0.4, 0.5) is 0 Å². The Labute approximate surface area is 114 Å². The molecule has 0 aliphatic carbocycles. The summed E-state index contributed by atoms with van der Waals surface area (Å²) in [6.45, 7) is 7.40. The van der Waals surface area contributed by atoms with Crippen LogP contribution in [-0.4, -0.2) is 30.5 Å². The highest BCUT2D eigenvalue weighted by molar-refractivity contribution is 6.31. The number of rotatable bonds is 6. The van der Waals surface area contributed by atoms with Gasteiger partial charge in [-0.05, 0) is 32.4 Å². The molecule has 0 saturated carbocycles. The van der Waals surface area contributed by atoms with Crippen molar-refractivity contribution in [1.82, 2.24) is 4.90 Å². The highest BCUT2D eigenvalue weighted by Gasteiger charge is 2.12. The van der Waals surface area contributed by atoms with Crippen molar-refractivity contribution >= 4 is 17.5 Å². The topological polar surface area (TPSA) is 29.5 Å². The number of likely N-dealkylation sites (N-methyl/N-ethyl adjacent to an activating group) is 1. The summed E-state index contributed by atoms with van der Waals surface area (Å²) in [6.07, 6.45) is 0.786. The number of nitrogens with zero attached hydrogens (tertiary/aromatic N) is 1. The Morgan fingerprint density at radius 2 is 1.94 bits per heavy atom. The van der Waals surface area contributed by atoms with Crippen LogP contribution in [0.25, 0.3) is 0 Å². The average molecular weight is 270 g/mol. The Morgan fingerprint density at radius 1 is 1.28 bits per heavy atom. The lowest BCUT2D eigenvalue weighted by Gasteiger charge is -2.19. The second kappa shape index (κ2) is 7.27. The van der Waals surface area contributed by atoms with E-state index in [-0.39, 0.29) is 12.5 Å². The molecular formula is C14H20ClNO2. The van der Waals surface area contributed by atoms with Crippen LogP contribution in [0.1, 0.15) is 26.3 Å². The summed E-state index contributed by atoms with van der Waals surface area (Å²) in [5.41, 5.74) is 0.950. The molecule has 1 aromatic rings. The van der Waals surface area contributed by atoms with Gasteiger partial charge >= 0.3 is 0 Å². The van der Waals surface area contributed by atoms with Crippen molar-refractivity contribution in [3.05, 3.63) is 28.8 Å². The third-order valence-electron chi connectivity index (χ3n) is 2.90. The highest BCUT2D eigenvalue weighted by Crippen LogP contribution is 2.26. The summed E-state index contributed by atoms with van der Waals surface area (Å²) >= 11 is 6.09. The van der Waals surface area contributed by atoms with Gasteiger partial charge in [0.1, 0.15) is 5.75 Å². The van der Waals surface area contributed by atoms with Gasteiger partial charge in [0.2, 0.25) is 0 Å². The quantitative estimate of drug-likeness (QED) is 0.794. The van der Waals surface area contributed by atoms with Gasteiger partial charge in [-0.25, -0.2) is 0 Å². The molecule has 1 aromatic carbocycles. The van der Waals surface area contributed by atoms with Crippen molar-refractivity contribution in [2.75, 3.05) is 19.7 Å². The Hall–Kier alpha value is -1.22. The van der Waals surface area contributed by atoms with Gasteiger partial charge in [-0.15, -0.1) is 0 Å². The monoisotopic (exact) mass is 269 g/mol. The molecule has 4 heteroatoms. The van der Waals surface area contributed by atoms with E-state index in [0.29, 0.717) is 23.9 Å². The van der Waals surface area contributed by atoms with Gasteiger partial charge in [0.25, 0.3) is 5.91 Å². The Bertz CT molecular complexity index is 403. The van der Waals surface area contributed by atoms with Crippen molar-refractivity contribution < 1.29 is 9.53 Å². The first-order valence-corrected chi connectivity index (χ1v) is 6.69. The number of ether oxygens (including phenoxy) is 1. The molecule has 0 atom stereocenters. The predicted octanol–water partition coefficient (Wildman–Crippen LogP) is 3.15. The molecule has 0 N–H and O–H groups in total. The molecule has 0 bridgehead atoms. The van der Waals surface area contributed by atoms with Crippen molar-refractivity contribution in [1.29, 1.82) is 0 Å². The van der Waals surface area contributed by atoms with E-state index in [1.165, 1.54) is 0 Å². The molecule has 0 spiro atoms. The maximum Gasteiger partial charge on any atom is 0.260 e. The second-order valence-electron chi connectivity index (χ2n) is 3.92. The van der Waals surface area contributed by atoms with Crippen molar-refractivity contribution in [2.45, 2.75) is 27.2 Å². The van der Waals surface area contributed by atoms with E-state index in [4.69, 9.17) is 16.3 Å². The second-order valence-corrected chi connectivity index (χ2v) is 4.33. The maximum atomic E-state index is 11.8. The molecule has 0 heterocycles. The minimum absolute atomic E-state index is 0.00188. The first kappa shape index (κ1) is 14.8. The molecule has 0 radical (unpaired) electrons. The number of hydrogen-bond donors (Lipinski definition) is 0. The maximum absolute atomic E-state index is 11.8. The summed E-state index contributed by atoms with van der Waals surface area (Å²) in [7, 11) is 0. The van der Waals surface area contributed by atoms with E-state index < -0.39 is 0 Å². The van der Waals surface area contributed by atoms with Gasteiger partial charge in [0.05, 0.1) is 0 Å². The van der Waals surface area contributed by atoms with Crippen LogP contribution in [0.3, 0.4) is 0 Å². The van der Waals surface area contributed by atoms with Gasteiger partial charge in [0, 0.05) is 23.7 Å². The van der Waals surface area contributed by atoms with Crippen LogP contribution in [0.5, 0.6) is 5.75 Å². The minimum atomic E-state index is 0.00188. The molecule has 0 aromatic heterocycles. The van der Waals surface area contributed by atoms with Gasteiger partial charge in [-0.3, -0.25) is 4.79 Å². The smallest absolute Gasteiger partial charge is 0.260 e. The normalized spacial score (nSPS) is 10.2. The molecule has 3 nitrogen and oxygen atoms in total. The number of amides is 1. The average Bonchev–Trinajstić information content (AvgIpc) is 2.37. The van der Waals surface area contributed by atoms with E-state index in [1.54, 1.807) is 4.90 Å². The summed E-state index contributed by atoms with van der Waals surface area (Å²) in [6, 6.07) is 5.51. The number of halogens is 1. The minimum Gasteiger partial charge on any atom is -0.483 e. The highest BCUT2D eigenvalue weighted by atomic mass is 35.5. The van der Waals surface area contributed by atoms with Crippen LogP contribution in [-0.2, 0) is 11.2 Å². The number of hydrogen-bond acceptors (Lipinski definition) is 2. The molecule has 1 amide bonds. The Kier molecular flexibility index (Phi) is 5.99. The fourth-order valence-corrected chi connectivity index (χ4v) is 2.12. The lowest BCUT2D eigenvalue weighted by Crippen LogP contribution is -2.34. The molecule has 0 unspecified atom stereocenters. The van der Waals surface area contributed by atoms with E-state index >= 15 is 0 Å². The summed E-state index contributed by atoms with van der Waals surface area (Å²) in [5.74, 6) is 0.701. The van der Waals surface area contributed by atoms with Crippen LogP contribution in [0.15, 0.2) is 18.2 Å². The Balaban J connectivity index is 2.69. The van der Waals surface area contributed by atoms with E-state index in [2.05, 4.69) is 0 Å². The predicted molar refractivity (Wildman–Crippen MR) is 74.3 cm³/mol. The number of benzene rings is 1. The molecule has 100 valence electrons. The first-order valence-electron chi connectivity index (χ1n) is 6.31. The zero-order valence-electron chi connectivity index (χ0n) is 11.2. The zero-order chi connectivity index (χ0) is 13.5. The van der Waals surface area contributed by atoms with Crippen molar-refractivity contribution in [3.8, 4) is 5.75 Å². The molecule has 18 heavy (non-hydrogen) atoms. The van der Waals surface area contributed by atoms with Crippen molar-refractivity contribution in [2.24, 2.45) is 0 Å². The van der Waals surface area contributed by atoms with Gasteiger partial charge in [-0.2, -0.15) is 0 Å². The van der Waals surface area contributed by atoms with E-state index in [1.807, 2.05) is 39.0 Å². The van der Waals surface area contributed by atoms with E-state index in [9.17, 15) is 4.79 Å². The molecule has 1 rings (SSSR count). The summed E-state index contributed by atoms with van der Waals surface area (Å²) in [5, 5.41) is 0.685. The largest absolute Gasteiger partial charge is 0.483 e.